The van der Waals surface area contributed by atoms with Crippen molar-refractivity contribution in [3.8, 4) is 0 Å². The molecule has 3 aliphatic rings. The summed E-state index contributed by atoms with van der Waals surface area (Å²) in [6, 6.07) is 1.99. The van der Waals surface area contributed by atoms with Crippen LogP contribution < -0.4 is 4.90 Å². The molecule has 0 aliphatic carbocycles. The Kier molecular flexibility index (Phi) is 4.35. The smallest absolute Gasteiger partial charge is 0.261 e. The van der Waals surface area contributed by atoms with Crippen LogP contribution in [0.15, 0.2) is 29.7 Å². The van der Waals surface area contributed by atoms with Crippen LogP contribution in [0.25, 0.3) is 11.0 Å². The summed E-state index contributed by atoms with van der Waals surface area (Å²) in [5.74, 6) is 2.60. The number of rotatable bonds is 2. The van der Waals surface area contributed by atoms with Crippen LogP contribution >= 0.6 is 11.8 Å². The molecule has 1 amide bonds. The summed E-state index contributed by atoms with van der Waals surface area (Å²) in [7, 11) is 2.20. The van der Waals surface area contributed by atoms with Gasteiger partial charge >= 0.3 is 0 Å². The maximum absolute atomic E-state index is 13.3. The lowest BCUT2D eigenvalue weighted by Gasteiger charge is -2.46. The lowest BCUT2D eigenvalue weighted by molar-refractivity contribution is -0.130. The molecule has 2 saturated heterocycles. The minimum atomic E-state index is 0.109. The van der Waals surface area contributed by atoms with Crippen molar-refractivity contribution in [1.82, 2.24) is 24.8 Å². The van der Waals surface area contributed by atoms with Gasteiger partial charge in [0.15, 0.2) is 0 Å². The van der Waals surface area contributed by atoms with Gasteiger partial charge in [-0.2, -0.15) is 0 Å². The topological polar surface area (TPSA) is 68.4 Å². The van der Waals surface area contributed by atoms with Crippen LogP contribution in [-0.4, -0.2) is 75.2 Å². The zero-order valence-corrected chi connectivity index (χ0v) is 17.2. The van der Waals surface area contributed by atoms with Crippen molar-refractivity contribution in [2.45, 2.75) is 25.3 Å². The fourth-order valence-corrected chi connectivity index (χ4v) is 5.87. The first kappa shape index (κ1) is 18.0. The molecule has 0 bridgehead atoms. The van der Waals surface area contributed by atoms with E-state index in [1.54, 1.807) is 18.1 Å². The van der Waals surface area contributed by atoms with E-state index < -0.39 is 0 Å². The highest BCUT2D eigenvalue weighted by Gasteiger charge is 2.47. The molecule has 0 unspecified atom stereocenters. The molecular formula is C20H26N6OS. The Bertz CT molecular complexity index is 942. The van der Waals surface area contributed by atoms with E-state index in [-0.39, 0.29) is 11.4 Å². The maximum atomic E-state index is 13.3. The highest BCUT2D eigenvalue weighted by atomic mass is 32.2. The molecular weight excluding hydrogens is 372 g/mol. The van der Waals surface area contributed by atoms with E-state index in [9.17, 15) is 4.79 Å². The van der Waals surface area contributed by atoms with Crippen molar-refractivity contribution < 1.29 is 4.79 Å². The van der Waals surface area contributed by atoms with Gasteiger partial charge in [0.25, 0.3) is 5.91 Å². The number of amides is 1. The number of likely N-dealkylation sites (N-methyl/N-ethyl adjacent to an activating group) is 1. The van der Waals surface area contributed by atoms with E-state index in [0.717, 1.165) is 60.1 Å². The number of aromatic amines is 1. The molecule has 28 heavy (non-hydrogen) atoms. The number of H-pyrrole nitrogens is 1. The quantitative estimate of drug-likeness (QED) is 0.837. The van der Waals surface area contributed by atoms with E-state index in [1.807, 2.05) is 18.5 Å². The van der Waals surface area contributed by atoms with Crippen molar-refractivity contribution in [2.75, 3.05) is 43.9 Å². The Balaban J connectivity index is 1.40. The normalized spacial score (nSPS) is 28.5. The second-order valence-electron chi connectivity index (χ2n) is 8.25. The van der Waals surface area contributed by atoms with Gasteiger partial charge in [-0.1, -0.05) is 0 Å². The highest BCUT2D eigenvalue weighted by Crippen LogP contribution is 2.40. The van der Waals surface area contributed by atoms with Crippen molar-refractivity contribution in [3.63, 3.8) is 0 Å². The Hall–Kier alpha value is -2.06. The summed E-state index contributed by atoms with van der Waals surface area (Å²) in [5.41, 5.74) is 0.931. The average Bonchev–Trinajstić information content (AvgIpc) is 3.31. The van der Waals surface area contributed by atoms with E-state index in [2.05, 4.69) is 43.6 Å². The van der Waals surface area contributed by atoms with Gasteiger partial charge in [-0.05, 0) is 45.3 Å². The largest absolute Gasteiger partial charge is 0.346 e. The molecule has 7 nitrogen and oxygen atoms in total. The molecule has 5 heterocycles. The second kappa shape index (κ2) is 6.77. The van der Waals surface area contributed by atoms with Crippen LogP contribution in [0.5, 0.6) is 0 Å². The third-order valence-corrected chi connectivity index (χ3v) is 7.77. The number of thioether (sulfide) groups is 1. The van der Waals surface area contributed by atoms with Gasteiger partial charge in [0.2, 0.25) is 0 Å². The first-order chi connectivity index (χ1) is 13.6. The van der Waals surface area contributed by atoms with E-state index in [4.69, 9.17) is 0 Å². The number of anilines is 1. The predicted octanol–water partition coefficient (Wildman–Crippen LogP) is 2.30. The first-order valence-corrected chi connectivity index (χ1v) is 10.9. The minimum absolute atomic E-state index is 0.109. The molecule has 0 aromatic carbocycles. The second-order valence-corrected chi connectivity index (χ2v) is 9.39. The molecule has 148 valence electrons. The molecule has 3 aliphatic heterocycles. The van der Waals surface area contributed by atoms with Crippen molar-refractivity contribution in [2.24, 2.45) is 5.92 Å². The van der Waals surface area contributed by atoms with Crippen LogP contribution in [-0.2, 0) is 4.79 Å². The molecule has 5 rings (SSSR count). The van der Waals surface area contributed by atoms with Gasteiger partial charge in [0, 0.05) is 43.3 Å². The first-order valence-electron chi connectivity index (χ1n) is 9.96. The van der Waals surface area contributed by atoms with Crippen LogP contribution in [0.1, 0.15) is 19.8 Å². The van der Waals surface area contributed by atoms with Gasteiger partial charge in [-0.25, -0.2) is 9.97 Å². The minimum Gasteiger partial charge on any atom is -0.346 e. The molecule has 2 aromatic heterocycles. The summed E-state index contributed by atoms with van der Waals surface area (Å²) in [4.78, 5) is 32.6. The Morgan fingerprint density at radius 3 is 3.04 bits per heavy atom. The Labute approximate surface area is 169 Å². The summed E-state index contributed by atoms with van der Waals surface area (Å²) >= 11 is 1.66. The maximum Gasteiger partial charge on any atom is 0.261 e. The number of fused-ring (bicyclic) bond motifs is 2. The zero-order chi connectivity index (χ0) is 19.3. The third kappa shape index (κ3) is 2.81. The van der Waals surface area contributed by atoms with Crippen LogP contribution in [0.2, 0.25) is 0 Å². The lowest BCUT2D eigenvalue weighted by atomic mass is 9.80. The molecule has 8 heteroatoms. The molecule has 0 spiro atoms. The lowest BCUT2D eigenvalue weighted by Crippen LogP contribution is -2.57. The van der Waals surface area contributed by atoms with Crippen LogP contribution in [0.3, 0.4) is 0 Å². The molecule has 0 saturated carbocycles. The standard InChI is InChI=1S/C20H26N6OS/c1-20-12-26(8-5-14(20)4-7-24(20)2)19(27)16-11-25(9-10-28-16)18-15-3-6-21-17(15)22-13-23-18/h3,6,11,13-14H,4-5,7-10,12H2,1-2H3,(H,21,22,23)/t14-,20+/m1/s1. The van der Waals surface area contributed by atoms with E-state index >= 15 is 0 Å². The predicted molar refractivity (Wildman–Crippen MR) is 112 cm³/mol. The SMILES string of the molecule is CN1CC[C@@H]2CCN(C(=O)C3=CN(c4ncnc5[nH]ccc45)CCS3)C[C@@]21C. The highest BCUT2D eigenvalue weighted by molar-refractivity contribution is 8.04. The fraction of sp³-hybridized carbons (Fsp3) is 0.550. The number of carbonyl (C=O) groups excluding carboxylic acids is 1. The summed E-state index contributed by atoms with van der Waals surface area (Å²) < 4.78 is 0. The molecule has 2 atom stereocenters. The number of hydrogen-bond acceptors (Lipinski definition) is 6. The Morgan fingerprint density at radius 1 is 1.29 bits per heavy atom. The monoisotopic (exact) mass is 398 g/mol. The Morgan fingerprint density at radius 2 is 2.14 bits per heavy atom. The summed E-state index contributed by atoms with van der Waals surface area (Å²) in [5, 5.41) is 0.985. The fourth-order valence-electron chi connectivity index (χ4n) is 4.91. The van der Waals surface area contributed by atoms with Gasteiger partial charge in [0.1, 0.15) is 17.8 Å². The van der Waals surface area contributed by atoms with Gasteiger partial charge < -0.3 is 14.8 Å². The van der Waals surface area contributed by atoms with Crippen LogP contribution in [0, 0.1) is 5.92 Å². The van der Waals surface area contributed by atoms with Crippen molar-refractivity contribution >= 4 is 34.5 Å². The number of hydrogen-bond donors (Lipinski definition) is 1. The summed E-state index contributed by atoms with van der Waals surface area (Å²) in [6.07, 6.45) is 7.79. The van der Waals surface area contributed by atoms with Crippen molar-refractivity contribution in [1.29, 1.82) is 0 Å². The molecule has 2 aromatic rings. The van der Waals surface area contributed by atoms with Gasteiger partial charge in [-0.15, -0.1) is 11.8 Å². The van der Waals surface area contributed by atoms with E-state index in [1.165, 1.54) is 6.42 Å². The summed E-state index contributed by atoms with van der Waals surface area (Å²) in [6.45, 7) is 5.97. The molecule has 1 N–H and O–H groups in total. The number of carbonyl (C=O) groups is 1. The number of aromatic nitrogens is 3. The van der Waals surface area contributed by atoms with Crippen LogP contribution in [0.4, 0.5) is 5.82 Å². The van der Waals surface area contributed by atoms with Gasteiger partial charge in [0.05, 0.1) is 10.3 Å². The van der Waals surface area contributed by atoms with Crippen molar-refractivity contribution in [3.05, 3.63) is 29.7 Å². The van der Waals surface area contributed by atoms with Gasteiger partial charge in [-0.3, -0.25) is 9.69 Å². The number of nitrogens with one attached hydrogen (secondary N) is 1. The zero-order valence-electron chi connectivity index (χ0n) is 16.4. The molecule has 0 radical (unpaired) electrons. The third-order valence-electron chi connectivity index (χ3n) is 6.79. The van der Waals surface area contributed by atoms with E-state index in [0.29, 0.717) is 5.92 Å². The average molecular weight is 399 g/mol. The number of nitrogens with zero attached hydrogens (tertiary/aromatic N) is 5. The number of likely N-dealkylation sites (tertiary alicyclic amines) is 2. The number of piperidine rings is 1. The molecule has 2 fully saturated rings.